The lowest BCUT2D eigenvalue weighted by molar-refractivity contribution is 0.778. The molecule has 1 heterocycles. The van der Waals surface area contributed by atoms with Crippen LogP contribution in [0.2, 0.25) is 0 Å². The Balaban J connectivity index is 2.33. The summed E-state index contributed by atoms with van der Waals surface area (Å²) >= 11 is 3.81. The lowest BCUT2D eigenvalue weighted by Gasteiger charge is -1.99. The Morgan fingerprint density at radius 1 is 1.44 bits per heavy atom. The highest BCUT2D eigenvalue weighted by Crippen LogP contribution is 2.22. The number of hydrogen-bond acceptors (Lipinski definition) is 3. The van der Waals surface area contributed by atoms with Gasteiger partial charge in [0.2, 0.25) is 0 Å². The normalized spacial score (nSPS) is 9.88. The van der Waals surface area contributed by atoms with Crippen LogP contribution in [0.1, 0.15) is 36.6 Å². The number of hydrogen-bond donors (Lipinski definition) is 1. The van der Waals surface area contributed by atoms with E-state index in [1.54, 1.807) is 11.3 Å². The van der Waals surface area contributed by atoms with Gasteiger partial charge in [0.1, 0.15) is 0 Å². The number of thiophene rings is 1. The Morgan fingerprint density at radius 3 is 3.06 bits per heavy atom. The van der Waals surface area contributed by atoms with E-state index in [0.717, 1.165) is 5.75 Å². The van der Waals surface area contributed by atoms with E-state index in [0.29, 0.717) is 6.54 Å². The van der Waals surface area contributed by atoms with Gasteiger partial charge in [-0.05, 0) is 23.6 Å². The molecule has 0 aromatic carbocycles. The molecule has 3 heteroatoms. The summed E-state index contributed by atoms with van der Waals surface area (Å²) in [7, 11) is 0. The topological polar surface area (TPSA) is 26.0 Å². The Kier molecular flexibility index (Phi) is 7.41. The van der Waals surface area contributed by atoms with Crippen molar-refractivity contribution in [3.63, 3.8) is 0 Å². The molecule has 0 saturated heterocycles. The summed E-state index contributed by atoms with van der Waals surface area (Å²) in [6.45, 7) is 2.68. The second-order valence-electron chi connectivity index (χ2n) is 3.52. The second-order valence-corrected chi connectivity index (χ2v) is 5.63. The van der Waals surface area contributed by atoms with Gasteiger partial charge in [0.05, 0.1) is 6.54 Å². The highest BCUT2D eigenvalue weighted by molar-refractivity contribution is 7.98. The molecule has 0 fully saturated rings. The monoisotopic (exact) mass is 253 g/mol. The molecule has 0 aliphatic carbocycles. The Hall–Kier alpha value is -0.430. The maximum atomic E-state index is 5.37. The van der Waals surface area contributed by atoms with Gasteiger partial charge in [0.15, 0.2) is 0 Å². The average Bonchev–Trinajstić information content (AvgIpc) is 2.74. The van der Waals surface area contributed by atoms with E-state index < -0.39 is 0 Å². The molecular formula is C13H19NS2. The molecule has 0 amide bonds. The van der Waals surface area contributed by atoms with Crippen molar-refractivity contribution in [1.82, 2.24) is 0 Å². The fourth-order valence-electron chi connectivity index (χ4n) is 1.33. The second kappa shape index (κ2) is 8.69. The maximum Gasteiger partial charge on any atom is 0.0555 e. The highest BCUT2D eigenvalue weighted by atomic mass is 32.2. The summed E-state index contributed by atoms with van der Waals surface area (Å²) in [5, 5.41) is 2.11. The standard InChI is InChI=1S/C13H19NS2/c1-2-3-4-9-15-11-13-12(6-5-8-14)7-10-16-13/h7,10H,2-4,8-9,11,14H2,1H3. The minimum atomic E-state index is 0.443. The van der Waals surface area contributed by atoms with Crippen molar-refractivity contribution in [2.24, 2.45) is 5.73 Å². The van der Waals surface area contributed by atoms with Crippen LogP contribution in [0.15, 0.2) is 11.4 Å². The van der Waals surface area contributed by atoms with Gasteiger partial charge in [-0.1, -0.05) is 31.6 Å². The minimum absolute atomic E-state index is 0.443. The van der Waals surface area contributed by atoms with Crippen molar-refractivity contribution in [3.8, 4) is 11.8 Å². The van der Waals surface area contributed by atoms with Crippen molar-refractivity contribution in [2.75, 3.05) is 12.3 Å². The molecule has 0 unspecified atom stereocenters. The smallest absolute Gasteiger partial charge is 0.0555 e. The predicted octanol–water partition coefficient (Wildman–Crippen LogP) is 3.48. The van der Waals surface area contributed by atoms with Gasteiger partial charge in [-0.25, -0.2) is 0 Å². The van der Waals surface area contributed by atoms with Crippen LogP contribution in [-0.2, 0) is 5.75 Å². The van der Waals surface area contributed by atoms with Gasteiger partial charge in [0.25, 0.3) is 0 Å². The van der Waals surface area contributed by atoms with E-state index in [9.17, 15) is 0 Å². The van der Waals surface area contributed by atoms with E-state index in [-0.39, 0.29) is 0 Å². The molecule has 0 spiro atoms. The van der Waals surface area contributed by atoms with Crippen LogP contribution in [0, 0.1) is 11.8 Å². The van der Waals surface area contributed by atoms with Gasteiger partial charge in [-0.2, -0.15) is 11.8 Å². The maximum absolute atomic E-state index is 5.37. The zero-order valence-corrected chi connectivity index (χ0v) is 11.4. The molecule has 0 aliphatic heterocycles. The zero-order chi connectivity index (χ0) is 11.6. The van der Waals surface area contributed by atoms with E-state index in [2.05, 4.69) is 30.2 Å². The Bertz CT molecular complexity index is 346. The quantitative estimate of drug-likeness (QED) is 0.620. The van der Waals surface area contributed by atoms with Crippen molar-refractivity contribution in [1.29, 1.82) is 0 Å². The van der Waals surface area contributed by atoms with Crippen molar-refractivity contribution in [2.45, 2.75) is 31.9 Å². The SMILES string of the molecule is CCCCCSCc1sccc1C#CCN. The van der Waals surface area contributed by atoms with E-state index in [1.807, 2.05) is 11.8 Å². The molecular weight excluding hydrogens is 234 g/mol. The van der Waals surface area contributed by atoms with E-state index >= 15 is 0 Å². The number of thioether (sulfide) groups is 1. The summed E-state index contributed by atoms with van der Waals surface area (Å²) in [5.41, 5.74) is 6.54. The Labute approximate surface area is 107 Å². The third-order valence-electron chi connectivity index (χ3n) is 2.20. The number of rotatable bonds is 6. The van der Waals surface area contributed by atoms with Crippen LogP contribution in [0.4, 0.5) is 0 Å². The molecule has 1 aromatic heterocycles. The minimum Gasteiger partial charge on any atom is -0.320 e. The molecule has 0 bridgehead atoms. The first-order chi connectivity index (χ1) is 7.88. The number of unbranched alkanes of at least 4 members (excludes halogenated alkanes) is 2. The van der Waals surface area contributed by atoms with E-state index in [4.69, 9.17) is 5.73 Å². The summed E-state index contributed by atoms with van der Waals surface area (Å²) in [6, 6.07) is 2.09. The highest BCUT2D eigenvalue weighted by Gasteiger charge is 2.01. The fraction of sp³-hybridized carbons (Fsp3) is 0.538. The van der Waals surface area contributed by atoms with Crippen molar-refractivity contribution < 1.29 is 0 Å². The molecule has 0 aliphatic rings. The van der Waals surface area contributed by atoms with Crippen LogP contribution in [0.5, 0.6) is 0 Å². The van der Waals surface area contributed by atoms with Crippen LogP contribution in [0.25, 0.3) is 0 Å². The molecule has 1 aromatic rings. The molecule has 88 valence electrons. The van der Waals surface area contributed by atoms with Crippen LogP contribution < -0.4 is 5.73 Å². The van der Waals surface area contributed by atoms with Gasteiger partial charge < -0.3 is 5.73 Å². The summed E-state index contributed by atoms with van der Waals surface area (Å²) in [5.74, 6) is 8.40. The van der Waals surface area contributed by atoms with Gasteiger partial charge in [-0.3, -0.25) is 0 Å². The largest absolute Gasteiger partial charge is 0.320 e. The lowest BCUT2D eigenvalue weighted by atomic mass is 10.3. The molecule has 1 rings (SSSR count). The van der Waals surface area contributed by atoms with E-state index in [1.165, 1.54) is 35.5 Å². The molecule has 1 nitrogen and oxygen atoms in total. The third kappa shape index (κ3) is 5.07. The molecule has 2 N–H and O–H groups in total. The zero-order valence-electron chi connectivity index (χ0n) is 9.79. The van der Waals surface area contributed by atoms with Crippen LogP contribution in [-0.4, -0.2) is 12.3 Å². The Morgan fingerprint density at radius 2 is 2.31 bits per heavy atom. The first-order valence-electron chi connectivity index (χ1n) is 5.71. The molecule has 0 atom stereocenters. The van der Waals surface area contributed by atoms with Crippen molar-refractivity contribution in [3.05, 3.63) is 21.9 Å². The lowest BCUT2D eigenvalue weighted by Crippen LogP contribution is -1.93. The van der Waals surface area contributed by atoms with Crippen molar-refractivity contribution >= 4 is 23.1 Å². The summed E-state index contributed by atoms with van der Waals surface area (Å²) < 4.78 is 0. The van der Waals surface area contributed by atoms with Gasteiger partial charge in [-0.15, -0.1) is 11.3 Å². The summed E-state index contributed by atoms with van der Waals surface area (Å²) in [6.07, 6.45) is 3.97. The fourth-order valence-corrected chi connectivity index (χ4v) is 3.36. The predicted molar refractivity (Wildman–Crippen MR) is 75.9 cm³/mol. The van der Waals surface area contributed by atoms with Crippen LogP contribution >= 0.6 is 23.1 Å². The molecule has 0 saturated carbocycles. The molecule has 0 radical (unpaired) electrons. The first kappa shape index (κ1) is 13.6. The number of nitrogens with two attached hydrogens (primary N) is 1. The van der Waals surface area contributed by atoms with Gasteiger partial charge in [0, 0.05) is 16.2 Å². The third-order valence-corrected chi connectivity index (χ3v) is 4.37. The van der Waals surface area contributed by atoms with Crippen LogP contribution in [0.3, 0.4) is 0 Å². The summed E-state index contributed by atoms with van der Waals surface area (Å²) in [4.78, 5) is 1.39. The first-order valence-corrected chi connectivity index (χ1v) is 7.75. The average molecular weight is 253 g/mol. The van der Waals surface area contributed by atoms with Gasteiger partial charge >= 0.3 is 0 Å². The molecule has 16 heavy (non-hydrogen) atoms.